The normalized spacial score (nSPS) is 15.6. The molecule has 1 aliphatic heterocycles. The van der Waals surface area contributed by atoms with Crippen molar-refractivity contribution in [3.63, 3.8) is 0 Å². The fourth-order valence-electron chi connectivity index (χ4n) is 4.03. The van der Waals surface area contributed by atoms with Gasteiger partial charge < -0.3 is 15.1 Å². The van der Waals surface area contributed by atoms with Crippen molar-refractivity contribution in [3.05, 3.63) is 108 Å². The third-order valence-electron chi connectivity index (χ3n) is 5.75. The molecule has 0 saturated heterocycles. The number of amides is 1. The van der Waals surface area contributed by atoms with Crippen LogP contribution in [0.4, 0.5) is 11.7 Å². The van der Waals surface area contributed by atoms with E-state index >= 15 is 0 Å². The number of nitrogens with zero attached hydrogens (tertiary/aromatic N) is 3. The fraction of sp³-hybridized carbons (Fsp3) is 0.185. The molecule has 0 fully saturated rings. The number of benzene rings is 3. The van der Waals surface area contributed by atoms with Crippen molar-refractivity contribution in [2.24, 2.45) is 4.99 Å². The number of carbonyl (C=O) groups excluding carboxylic acids is 1. The molecule has 2 heterocycles. The highest BCUT2D eigenvalue weighted by Gasteiger charge is 2.30. The summed E-state index contributed by atoms with van der Waals surface area (Å²) in [6, 6.07) is 27.7. The summed E-state index contributed by atoms with van der Waals surface area (Å²) in [5, 5.41) is 14.4. The first kappa shape index (κ1) is 21.6. The number of fused-ring (bicyclic) bond motifs is 1. The molecule has 170 valence electrons. The lowest BCUT2D eigenvalue weighted by molar-refractivity contribution is -0.116. The average molecular weight is 452 g/mol. The summed E-state index contributed by atoms with van der Waals surface area (Å²) in [5.74, 6) is 0.185. The molecule has 3 aromatic carbocycles. The highest BCUT2D eigenvalue weighted by Crippen LogP contribution is 2.29. The lowest BCUT2D eigenvalue weighted by Crippen LogP contribution is -2.32. The van der Waals surface area contributed by atoms with Gasteiger partial charge in [-0.05, 0) is 18.1 Å². The average Bonchev–Trinajstić information content (AvgIpc) is 3.28. The molecule has 4 aromatic rings. The molecule has 0 radical (unpaired) electrons. The molecule has 0 aliphatic carbocycles. The number of hydrogen-bond acceptors (Lipinski definition) is 6. The van der Waals surface area contributed by atoms with E-state index in [1.165, 1.54) is 5.56 Å². The number of nitrogens with one attached hydrogen (secondary N) is 2. The van der Waals surface area contributed by atoms with Crippen LogP contribution in [0.2, 0.25) is 0 Å². The molecule has 0 bridgehead atoms. The summed E-state index contributed by atoms with van der Waals surface area (Å²) >= 11 is 0. The number of hydrogen-bond donors (Lipinski definition) is 2. The predicted octanol–water partition coefficient (Wildman–Crippen LogP) is 4.82. The lowest BCUT2D eigenvalue weighted by Gasteiger charge is -2.20. The number of aliphatic imine (C=N–C) groups is 1. The van der Waals surface area contributed by atoms with Crippen molar-refractivity contribution in [3.8, 4) is 0 Å². The van der Waals surface area contributed by atoms with Crippen molar-refractivity contribution < 1.29 is 9.21 Å². The third-order valence-corrected chi connectivity index (χ3v) is 5.75. The van der Waals surface area contributed by atoms with Crippen LogP contribution < -0.4 is 10.6 Å². The van der Waals surface area contributed by atoms with Crippen LogP contribution in [-0.2, 0) is 16.6 Å². The molecule has 7 heteroatoms. The number of rotatable bonds is 6. The number of carbonyl (C=O) groups is 1. The minimum atomic E-state index is -0.937. The minimum Gasteiger partial charge on any atom is -0.407 e. The van der Waals surface area contributed by atoms with E-state index in [1.54, 1.807) is 0 Å². The Morgan fingerprint density at radius 2 is 1.59 bits per heavy atom. The third kappa shape index (κ3) is 4.45. The van der Waals surface area contributed by atoms with Crippen molar-refractivity contribution in [2.45, 2.75) is 31.8 Å². The second-order valence-corrected chi connectivity index (χ2v) is 8.88. The molecule has 1 unspecified atom stereocenters. The molecular formula is C27H25N5O2. The van der Waals surface area contributed by atoms with Gasteiger partial charge in [-0.15, -0.1) is 5.10 Å². The monoisotopic (exact) mass is 451 g/mol. The zero-order valence-corrected chi connectivity index (χ0v) is 19.0. The van der Waals surface area contributed by atoms with Crippen molar-refractivity contribution in [1.82, 2.24) is 10.2 Å². The Labute approximate surface area is 198 Å². The Hall–Kier alpha value is -4.26. The van der Waals surface area contributed by atoms with Crippen molar-refractivity contribution >= 4 is 23.3 Å². The van der Waals surface area contributed by atoms with Gasteiger partial charge in [-0.1, -0.05) is 97.8 Å². The maximum absolute atomic E-state index is 13.0. The van der Waals surface area contributed by atoms with Gasteiger partial charge in [0.25, 0.3) is 5.91 Å². The van der Waals surface area contributed by atoms with Gasteiger partial charge >= 0.3 is 6.01 Å². The number of aromatic nitrogens is 2. The summed E-state index contributed by atoms with van der Waals surface area (Å²) < 4.78 is 5.95. The predicted molar refractivity (Wildman–Crippen MR) is 132 cm³/mol. The van der Waals surface area contributed by atoms with Gasteiger partial charge in [0.2, 0.25) is 12.1 Å². The Balaban J connectivity index is 1.43. The van der Waals surface area contributed by atoms with Crippen molar-refractivity contribution in [1.29, 1.82) is 0 Å². The number of para-hydroxylation sites is 1. The number of anilines is 2. The van der Waals surface area contributed by atoms with Crippen LogP contribution in [0.5, 0.6) is 0 Å². The molecule has 0 saturated carbocycles. The van der Waals surface area contributed by atoms with E-state index in [0.717, 1.165) is 17.5 Å². The second kappa shape index (κ2) is 8.94. The Bertz CT molecular complexity index is 1330. The minimum absolute atomic E-state index is 0.151. The first-order valence-corrected chi connectivity index (χ1v) is 11.2. The van der Waals surface area contributed by atoms with Crippen LogP contribution in [0.25, 0.3) is 0 Å². The second-order valence-electron chi connectivity index (χ2n) is 8.88. The topological polar surface area (TPSA) is 92.4 Å². The van der Waals surface area contributed by atoms with E-state index in [9.17, 15) is 4.79 Å². The summed E-state index contributed by atoms with van der Waals surface area (Å²) in [4.78, 5) is 17.8. The van der Waals surface area contributed by atoms with E-state index in [0.29, 0.717) is 17.3 Å². The molecular weight excluding hydrogens is 426 g/mol. The zero-order valence-electron chi connectivity index (χ0n) is 19.0. The SMILES string of the molecule is CC(C)(Cc1ccccc1)c1nnc(NC2N=C(c3ccccc3)c3ccccc3NC2=O)o1. The van der Waals surface area contributed by atoms with Crippen molar-refractivity contribution in [2.75, 3.05) is 10.6 Å². The van der Waals surface area contributed by atoms with Crippen LogP contribution in [-0.4, -0.2) is 28.0 Å². The van der Waals surface area contributed by atoms with Crippen LogP contribution in [0.3, 0.4) is 0 Å². The van der Waals surface area contributed by atoms with Crippen LogP contribution in [0, 0.1) is 0 Å². The first-order valence-electron chi connectivity index (χ1n) is 11.2. The molecule has 5 rings (SSSR count). The quantitative estimate of drug-likeness (QED) is 0.439. The zero-order chi connectivity index (χ0) is 23.5. The maximum Gasteiger partial charge on any atom is 0.317 e. The standard InChI is InChI=1S/C27H25N5O2/c1-27(2,17-18-11-5-3-6-12-18)25-31-32-26(34-25)30-23-24(33)28-21-16-10-9-15-20(21)22(29-23)19-13-7-4-8-14-19/h3-16,23H,17H2,1-2H3,(H,28,33)(H,30,32). The summed E-state index contributed by atoms with van der Waals surface area (Å²) in [5.41, 5.74) is 3.97. The van der Waals surface area contributed by atoms with Gasteiger partial charge in [-0.3, -0.25) is 4.79 Å². The summed E-state index contributed by atoms with van der Waals surface area (Å²) in [6.07, 6.45) is -0.196. The fourth-order valence-corrected chi connectivity index (χ4v) is 4.03. The van der Waals surface area contributed by atoms with E-state index in [4.69, 9.17) is 9.41 Å². The highest BCUT2D eigenvalue weighted by atomic mass is 16.4. The molecule has 1 aliphatic rings. The molecule has 34 heavy (non-hydrogen) atoms. The van der Waals surface area contributed by atoms with Crippen LogP contribution in [0.1, 0.15) is 36.4 Å². The maximum atomic E-state index is 13.0. The smallest absolute Gasteiger partial charge is 0.317 e. The van der Waals surface area contributed by atoms with Crippen LogP contribution in [0.15, 0.2) is 94.3 Å². The molecule has 1 atom stereocenters. The number of benzodiazepines with no additional fused rings is 1. The molecule has 1 amide bonds. The van der Waals surface area contributed by atoms with E-state index < -0.39 is 6.17 Å². The van der Waals surface area contributed by atoms with E-state index in [2.05, 4.69) is 46.8 Å². The van der Waals surface area contributed by atoms with Gasteiger partial charge in [0.15, 0.2) is 0 Å². The highest BCUT2D eigenvalue weighted by molar-refractivity contribution is 6.19. The van der Waals surface area contributed by atoms with Gasteiger partial charge in [0.05, 0.1) is 11.4 Å². The van der Waals surface area contributed by atoms with Crippen LogP contribution >= 0.6 is 0 Å². The Kier molecular flexibility index (Phi) is 5.67. The van der Waals surface area contributed by atoms with Gasteiger partial charge in [-0.2, -0.15) is 0 Å². The Morgan fingerprint density at radius 1 is 0.912 bits per heavy atom. The molecule has 7 nitrogen and oxygen atoms in total. The molecule has 1 aromatic heterocycles. The summed E-state index contributed by atoms with van der Waals surface area (Å²) in [7, 11) is 0. The lowest BCUT2D eigenvalue weighted by atomic mass is 9.86. The Morgan fingerprint density at radius 3 is 2.35 bits per heavy atom. The van der Waals surface area contributed by atoms with Gasteiger partial charge in [0.1, 0.15) is 0 Å². The van der Waals surface area contributed by atoms with Gasteiger partial charge in [0, 0.05) is 16.5 Å². The van der Waals surface area contributed by atoms with Gasteiger partial charge in [-0.25, -0.2) is 4.99 Å². The first-order chi connectivity index (χ1) is 16.5. The molecule has 2 N–H and O–H groups in total. The van der Waals surface area contributed by atoms with E-state index in [-0.39, 0.29) is 17.3 Å². The van der Waals surface area contributed by atoms with E-state index in [1.807, 2.05) is 72.8 Å². The molecule has 0 spiro atoms. The summed E-state index contributed by atoms with van der Waals surface area (Å²) in [6.45, 7) is 4.11. The largest absolute Gasteiger partial charge is 0.407 e.